The maximum absolute atomic E-state index is 9.79. The van der Waals surface area contributed by atoms with Gasteiger partial charge in [-0.2, -0.15) is 0 Å². The molecule has 2 aromatic rings. The summed E-state index contributed by atoms with van der Waals surface area (Å²) in [7, 11) is 0. The topological polar surface area (TPSA) is 61.7 Å². The van der Waals surface area contributed by atoms with Gasteiger partial charge in [0.15, 0.2) is 11.5 Å². The highest BCUT2D eigenvalue weighted by molar-refractivity contribution is 6.30. The van der Waals surface area contributed by atoms with Crippen LogP contribution in [-0.2, 0) is 6.54 Å². The lowest BCUT2D eigenvalue weighted by Gasteiger charge is -2.14. The van der Waals surface area contributed by atoms with Gasteiger partial charge in [-0.3, -0.25) is 0 Å². The highest BCUT2D eigenvalue weighted by atomic mass is 35.5. The van der Waals surface area contributed by atoms with Crippen LogP contribution in [0.1, 0.15) is 18.9 Å². The molecule has 0 saturated carbocycles. The Balaban J connectivity index is 2.15. The predicted molar refractivity (Wildman–Crippen MR) is 84.3 cm³/mol. The molecule has 4 nitrogen and oxygen atoms in total. The van der Waals surface area contributed by atoms with Crippen LogP contribution in [0.5, 0.6) is 17.2 Å². The molecule has 0 unspecified atom stereocenters. The molecule has 5 heteroatoms. The number of nitrogens with one attached hydrogen (secondary N) is 1. The fourth-order valence-electron chi connectivity index (χ4n) is 1.89. The van der Waals surface area contributed by atoms with Crippen molar-refractivity contribution in [2.24, 2.45) is 0 Å². The highest BCUT2D eigenvalue weighted by Gasteiger charge is 2.08. The molecule has 0 aromatic heterocycles. The normalized spacial score (nSPS) is 10.4. The fourth-order valence-corrected chi connectivity index (χ4v) is 2.06. The minimum atomic E-state index is -0.136. The quantitative estimate of drug-likeness (QED) is 0.702. The van der Waals surface area contributed by atoms with E-state index in [1.165, 1.54) is 6.07 Å². The summed E-state index contributed by atoms with van der Waals surface area (Å²) in [6, 6.07) is 10.2. The van der Waals surface area contributed by atoms with E-state index in [9.17, 15) is 10.2 Å². The van der Waals surface area contributed by atoms with Crippen LogP contribution in [0, 0.1) is 0 Å². The summed E-state index contributed by atoms with van der Waals surface area (Å²) >= 11 is 6.00. The van der Waals surface area contributed by atoms with Gasteiger partial charge in [0.25, 0.3) is 0 Å². The van der Waals surface area contributed by atoms with Gasteiger partial charge in [-0.25, -0.2) is 0 Å². The molecule has 112 valence electrons. The first-order valence-electron chi connectivity index (χ1n) is 6.78. The van der Waals surface area contributed by atoms with Crippen LogP contribution in [0.3, 0.4) is 0 Å². The molecule has 0 heterocycles. The van der Waals surface area contributed by atoms with Gasteiger partial charge in [0.1, 0.15) is 5.75 Å². The Hall–Kier alpha value is -2.07. The first kappa shape index (κ1) is 15.3. The first-order valence-corrected chi connectivity index (χ1v) is 7.15. The summed E-state index contributed by atoms with van der Waals surface area (Å²) in [5.74, 6) is 0.451. The molecule has 0 aliphatic carbocycles. The monoisotopic (exact) mass is 307 g/mol. The molecular weight excluding hydrogens is 290 g/mol. The summed E-state index contributed by atoms with van der Waals surface area (Å²) in [6.07, 6.45) is 0.912. The number of phenols is 2. The lowest BCUT2D eigenvalue weighted by Crippen LogP contribution is -2.03. The maximum atomic E-state index is 9.79. The minimum absolute atomic E-state index is 0.122. The molecular formula is C16H18ClNO3. The Kier molecular flexibility index (Phi) is 5.17. The van der Waals surface area contributed by atoms with E-state index < -0.39 is 0 Å². The minimum Gasteiger partial charge on any atom is -0.504 e. The molecule has 0 spiro atoms. The number of rotatable bonds is 6. The standard InChI is InChI=1S/C16H18ClNO3/c1-2-8-21-15-7-6-12(17)9-13(15)18-10-11-4-3-5-14(19)16(11)20/h3-7,9,18-20H,2,8,10H2,1H3. The lowest BCUT2D eigenvalue weighted by molar-refractivity contribution is 0.319. The number of para-hydroxylation sites is 1. The van der Waals surface area contributed by atoms with Crippen molar-refractivity contribution in [1.29, 1.82) is 0 Å². The summed E-state index contributed by atoms with van der Waals surface area (Å²) in [4.78, 5) is 0. The van der Waals surface area contributed by atoms with Crippen molar-refractivity contribution in [3.63, 3.8) is 0 Å². The van der Waals surface area contributed by atoms with Crippen molar-refractivity contribution < 1.29 is 14.9 Å². The Morgan fingerprint density at radius 2 is 2.00 bits per heavy atom. The van der Waals surface area contributed by atoms with Gasteiger partial charge in [0, 0.05) is 17.1 Å². The number of anilines is 1. The average Bonchev–Trinajstić information content (AvgIpc) is 2.48. The van der Waals surface area contributed by atoms with Crippen LogP contribution >= 0.6 is 11.6 Å². The molecule has 0 radical (unpaired) electrons. The summed E-state index contributed by atoms with van der Waals surface area (Å²) in [5.41, 5.74) is 1.34. The van der Waals surface area contributed by atoms with Gasteiger partial charge in [0.2, 0.25) is 0 Å². The molecule has 2 rings (SSSR count). The van der Waals surface area contributed by atoms with E-state index in [0.717, 1.165) is 12.1 Å². The zero-order valence-corrected chi connectivity index (χ0v) is 12.5. The fraction of sp³-hybridized carbons (Fsp3) is 0.250. The Labute approximate surface area is 129 Å². The van der Waals surface area contributed by atoms with Crippen molar-refractivity contribution in [1.82, 2.24) is 0 Å². The third-order valence-electron chi connectivity index (χ3n) is 2.97. The van der Waals surface area contributed by atoms with E-state index in [1.54, 1.807) is 24.3 Å². The second kappa shape index (κ2) is 7.09. The number of ether oxygens (including phenoxy) is 1. The van der Waals surface area contributed by atoms with E-state index in [2.05, 4.69) is 5.32 Å². The molecule has 21 heavy (non-hydrogen) atoms. The molecule has 2 aromatic carbocycles. The molecule has 0 aliphatic heterocycles. The Morgan fingerprint density at radius 1 is 1.19 bits per heavy atom. The van der Waals surface area contributed by atoms with Crippen molar-refractivity contribution in [3.8, 4) is 17.2 Å². The molecule has 0 bridgehead atoms. The van der Waals surface area contributed by atoms with Gasteiger partial charge in [-0.15, -0.1) is 0 Å². The van der Waals surface area contributed by atoms with Crippen LogP contribution in [0.15, 0.2) is 36.4 Å². The van der Waals surface area contributed by atoms with Crippen LogP contribution < -0.4 is 10.1 Å². The second-order valence-electron chi connectivity index (χ2n) is 4.63. The third kappa shape index (κ3) is 3.95. The summed E-state index contributed by atoms with van der Waals surface area (Å²) < 4.78 is 5.65. The van der Waals surface area contributed by atoms with Gasteiger partial charge < -0.3 is 20.3 Å². The highest BCUT2D eigenvalue weighted by Crippen LogP contribution is 2.31. The van der Waals surface area contributed by atoms with Crippen molar-refractivity contribution in [2.75, 3.05) is 11.9 Å². The number of phenolic OH excluding ortho intramolecular Hbond substituents is 2. The number of halogens is 1. The van der Waals surface area contributed by atoms with E-state index in [1.807, 2.05) is 13.0 Å². The van der Waals surface area contributed by atoms with Crippen molar-refractivity contribution >= 4 is 17.3 Å². The zero-order chi connectivity index (χ0) is 15.2. The smallest absolute Gasteiger partial charge is 0.162 e. The summed E-state index contributed by atoms with van der Waals surface area (Å²) in [5, 5.41) is 23.0. The van der Waals surface area contributed by atoms with Crippen LogP contribution in [0.4, 0.5) is 5.69 Å². The van der Waals surface area contributed by atoms with Crippen molar-refractivity contribution in [3.05, 3.63) is 47.0 Å². The summed E-state index contributed by atoms with van der Waals surface area (Å²) in [6.45, 7) is 3.00. The van der Waals surface area contributed by atoms with Crippen molar-refractivity contribution in [2.45, 2.75) is 19.9 Å². The molecule has 0 fully saturated rings. The first-order chi connectivity index (χ1) is 10.1. The molecule has 0 aliphatic rings. The largest absolute Gasteiger partial charge is 0.504 e. The van der Waals surface area contributed by atoms with Gasteiger partial charge in [0.05, 0.1) is 12.3 Å². The number of aromatic hydroxyl groups is 2. The van der Waals surface area contributed by atoms with Gasteiger partial charge in [-0.1, -0.05) is 30.7 Å². The Morgan fingerprint density at radius 3 is 2.76 bits per heavy atom. The number of hydrogen-bond acceptors (Lipinski definition) is 4. The molecule has 0 atom stereocenters. The van der Waals surface area contributed by atoms with E-state index in [-0.39, 0.29) is 11.5 Å². The zero-order valence-electron chi connectivity index (χ0n) is 11.8. The average molecular weight is 308 g/mol. The number of benzene rings is 2. The third-order valence-corrected chi connectivity index (χ3v) is 3.21. The van der Waals surface area contributed by atoms with E-state index in [0.29, 0.717) is 29.5 Å². The number of hydrogen-bond donors (Lipinski definition) is 3. The van der Waals surface area contributed by atoms with Crippen LogP contribution in [0.25, 0.3) is 0 Å². The van der Waals surface area contributed by atoms with Crippen LogP contribution in [0.2, 0.25) is 5.02 Å². The van der Waals surface area contributed by atoms with Gasteiger partial charge in [-0.05, 0) is 30.7 Å². The van der Waals surface area contributed by atoms with E-state index >= 15 is 0 Å². The molecule has 0 saturated heterocycles. The SMILES string of the molecule is CCCOc1ccc(Cl)cc1NCc1cccc(O)c1O. The molecule has 0 amide bonds. The maximum Gasteiger partial charge on any atom is 0.162 e. The Bertz CT molecular complexity index is 616. The molecule has 3 N–H and O–H groups in total. The lowest BCUT2D eigenvalue weighted by atomic mass is 10.2. The van der Waals surface area contributed by atoms with Crippen LogP contribution in [-0.4, -0.2) is 16.8 Å². The van der Waals surface area contributed by atoms with Gasteiger partial charge >= 0.3 is 0 Å². The van der Waals surface area contributed by atoms with E-state index in [4.69, 9.17) is 16.3 Å². The second-order valence-corrected chi connectivity index (χ2v) is 5.06. The predicted octanol–water partition coefficient (Wildman–Crippen LogP) is 4.15.